The predicted octanol–water partition coefficient (Wildman–Crippen LogP) is 4.32. The molecule has 0 fully saturated rings. The van der Waals surface area contributed by atoms with Crippen LogP contribution in [-0.4, -0.2) is 26.8 Å². The van der Waals surface area contributed by atoms with Crippen LogP contribution in [0, 0.1) is 0 Å². The summed E-state index contributed by atoms with van der Waals surface area (Å²) in [6.07, 6.45) is -4.56. The number of benzene rings is 2. The highest BCUT2D eigenvalue weighted by Crippen LogP contribution is 2.37. The van der Waals surface area contributed by atoms with Crippen molar-refractivity contribution in [3.63, 3.8) is 0 Å². The standard InChI is InChI=1S/C15H15ClF3N3O2S/c1-22(2)25(23,24)21-12-6-4-11(5-7-12)20-14-8-3-10(16)9-13(14)15(17,18)19/h3-9,20-21H,1-2H3. The van der Waals surface area contributed by atoms with Crippen LogP contribution in [0.4, 0.5) is 30.2 Å². The second-order valence-corrected chi connectivity index (χ2v) is 7.60. The van der Waals surface area contributed by atoms with Gasteiger partial charge in [-0.15, -0.1) is 0 Å². The lowest BCUT2D eigenvalue weighted by molar-refractivity contribution is -0.136. The van der Waals surface area contributed by atoms with Gasteiger partial charge in [-0.1, -0.05) is 11.6 Å². The van der Waals surface area contributed by atoms with E-state index in [2.05, 4.69) is 10.0 Å². The van der Waals surface area contributed by atoms with Gasteiger partial charge in [-0.3, -0.25) is 4.72 Å². The lowest BCUT2D eigenvalue weighted by Gasteiger charge is -2.16. The number of alkyl halides is 3. The summed E-state index contributed by atoms with van der Waals surface area (Å²) < 4.78 is 66.0. The fourth-order valence-electron chi connectivity index (χ4n) is 1.88. The molecule has 0 saturated heterocycles. The van der Waals surface area contributed by atoms with Gasteiger partial charge in [0.15, 0.2) is 0 Å². The third-order valence-corrected chi connectivity index (χ3v) is 4.87. The molecular weight excluding hydrogens is 379 g/mol. The summed E-state index contributed by atoms with van der Waals surface area (Å²) in [4.78, 5) is 0. The van der Waals surface area contributed by atoms with E-state index in [1.165, 1.54) is 50.5 Å². The largest absolute Gasteiger partial charge is 0.418 e. The molecule has 0 unspecified atom stereocenters. The topological polar surface area (TPSA) is 61.4 Å². The molecule has 0 aliphatic heterocycles. The van der Waals surface area contributed by atoms with Gasteiger partial charge in [0, 0.05) is 30.5 Å². The van der Waals surface area contributed by atoms with Crippen LogP contribution in [0.15, 0.2) is 42.5 Å². The van der Waals surface area contributed by atoms with Crippen LogP contribution in [0.1, 0.15) is 5.56 Å². The number of hydrogen-bond donors (Lipinski definition) is 2. The first kappa shape index (κ1) is 19.4. The molecule has 0 aromatic heterocycles. The Labute approximate surface area is 148 Å². The molecule has 10 heteroatoms. The average molecular weight is 394 g/mol. The highest BCUT2D eigenvalue weighted by Gasteiger charge is 2.33. The summed E-state index contributed by atoms with van der Waals surface area (Å²) in [5.74, 6) is 0. The van der Waals surface area contributed by atoms with Crippen LogP contribution in [0.5, 0.6) is 0 Å². The van der Waals surface area contributed by atoms with E-state index in [0.717, 1.165) is 10.4 Å². The minimum Gasteiger partial charge on any atom is -0.355 e. The van der Waals surface area contributed by atoms with Gasteiger partial charge in [0.1, 0.15) is 0 Å². The molecule has 0 atom stereocenters. The van der Waals surface area contributed by atoms with Crippen molar-refractivity contribution in [2.24, 2.45) is 0 Å². The number of anilines is 3. The first-order valence-electron chi connectivity index (χ1n) is 6.93. The molecule has 136 valence electrons. The van der Waals surface area contributed by atoms with E-state index < -0.39 is 21.9 Å². The molecule has 0 saturated carbocycles. The zero-order valence-electron chi connectivity index (χ0n) is 13.2. The van der Waals surface area contributed by atoms with Crippen molar-refractivity contribution in [2.75, 3.05) is 24.1 Å². The quantitative estimate of drug-likeness (QED) is 0.795. The minimum absolute atomic E-state index is 0.0219. The van der Waals surface area contributed by atoms with Crippen molar-refractivity contribution in [3.8, 4) is 0 Å². The van der Waals surface area contributed by atoms with Gasteiger partial charge < -0.3 is 5.32 Å². The number of rotatable bonds is 5. The molecule has 2 N–H and O–H groups in total. The second kappa shape index (κ2) is 7.11. The third kappa shape index (κ3) is 5.00. The average Bonchev–Trinajstić information content (AvgIpc) is 2.49. The summed E-state index contributed by atoms with van der Waals surface area (Å²) in [7, 11) is -0.909. The SMILES string of the molecule is CN(C)S(=O)(=O)Nc1ccc(Nc2ccc(Cl)cc2C(F)(F)F)cc1. The second-order valence-electron chi connectivity index (χ2n) is 5.28. The minimum atomic E-state index is -4.56. The molecule has 2 aromatic rings. The predicted molar refractivity (Wildman–Crippen MR) is 92.4 cm³/mol. The smallest absolute Gasteiger partial charge is 0.355 e. The van der Waals surface area contributed by atoms with Crippen molar-refractivity contribution < 1.29 is 21.6 Å². The van der Waals surface area contributed by atoms with Gasteiger partial charge in [-0.25, -0.2) is 0 Å². The molecule has 2 rings (SSSR count). The first-order valence-corrected chi connectivity index (χ1v) is 8.75. The lowest BCUT2D eigenvalue weighted by Crippen LogP contribution is -2.28. The first-order chi connectivity index (χ1) is 11.5. The van der Waals surface area contributed by atoms with E-state index in [1.807, 2.05) is 0 Å². The number of nitrogens with zero attached hydrogens (tertiary/aromatic N) is 1. The Balaban J connectivity index is 2.23. The summed E-state index contributed by atoms with van der Waals surface area (Å²) >= 11 is 5.64. The van der Waals surface area contributed by atoms with Crippen molar-refractivity contribution in [2.45, 2.75) is 6.18 Å². The Hall–Kier alpha value is -1.97. The fraction of sp³-hybridized carbons (Fsp3) is 0.200. The summed E-state index contributed by atoms with van der Waals surface area (Å²) in [5, 5.41) is 2.63. The van der Waals surface area contributed by atoms with Gasteiger partial charge in [-0.2, -0.15) is 25.9 Å². The molecule has 0 bridgehead atoms. The van der Waals surface area contributed by atoms with Crippen LogP contribution in [0.2, 0.25) is 5.02 Å². The molecule has 25 heavy (non-hydrogen) atoms. The van der Waals surface area contributed by atoms with Crippen LogP contribution >= 0.6 is 11.6 Å². The van der Waals surface area contributed by atoms with Crippen molar-refractivity contribution in [1.82, 2.24) is 4.31 Å². The summed E-state index contributed by atoms with van der Waals surface area (Å²) in [6.45, 7) is 0. The van der Waals surface area contributed by atoms with E-state index >= 15 is 0 Å². The van der Waals surface area contributed by atoms with Gasteiger partial charge in [0.05, 0.1) is 11.3 Å². The Morgan fingerprint density at radius 1 is 1.00 bits per heavy atom. The Kier molecular flexibility index (Phi) is 5.50. The van der Waals surface area contributed by atoms with E-state index in [4.69, 9.17) is 11.6 Å². The maximum absolute atomic E-state index is 13.1. The van der Waals surface area contributed by atoms with Crippen molar-refractivity contribution in [3.05, 3.63) is 53.1 Å². The van der Waals surface area contributed by atoms with E-state index in [9.17, 15) is 21.6 Å². The molecule has 0 heterocycles. The van der Waals surface area contributed by atoms with Gasteiger partial charge in [-0.05, 0) is 42.5 Å². The van der Waals surface area contributed by atoms with E-state index in [1.54, 1.807) is 0 Å². The highest BCUT2D eigenvalue weighted by molar-refractivity contribution is 7.90. The van der Waals surface area contributed by atoms with Crippen LogP contribution in [0.3, 0.4) is 0 Å². The van der Waals surface area contributed by atoms with Gasteiger partial charge >= 0.3 is 16.4 Å². The zero-order chi connectivity index (χ0) is 18.8. The van der Waals surface area contributed by atoms with Gasteiger partial charge in [0.25, 0.3) is 0 Å². The van der Waals surface area contributed by atoms with Gasteiger partial charge in [0.2, 0.25) is 0 Å². The molecule has 0 amide bonds. The summed E-state index contributed by atoms with van der Waals surface area (Å²) in [6, 6.07) is 9.21. The lowest BCUT2D eigenvalue weighted by atomic mass is 10.1. The number of nitrogens with one attached hydrogen (secondary N) is 2. The Bertz CT molecular complexity index is 853. The van der Waals surface area contributed by atoms with E-state index in [0.29, 0.717) is 5.69 Å². The molecule has 5 nitrogen and oxygen atoms in total. The molecule has 0 spiro atoms. The molecule has 0 aliphatic rings. The summed E-state index contributed by atoms with van der Waals surface area (Å²) in [5.41, 5.74) is -0.400. The van der Waals surface area contributed by atoms with Crippen LogP contribution < -0.4 is 10.0 Å². The Morgan fingerprint density at radius 3 is 2.08 bits per heavy atom. The fourth-order valence-corrected chi connectivity index (χ4v) is 2.67. The Morgan fingerprint density at radius 2 is 1.56 bits per heavy atom. The number of halogens is 4. The van der Waals surface area contributed by atoms with E-state index in [-0.39, 0.29) is 16.4 Å². The third-order valence-electron chi connectivity index (χ3n) is 3.18. The maximum Gasteiger partial charge on any atom is 0.418 e. The zero-order valence-corrected chi connectivity index (χ0v) is 14.8. The van der Waals surface area contributed by atoms with Crippen LogP contribution in [0.25, 0.3) is 0 Å². The normalized spacial score (nSPS) is 12.3. The number of hydrogen-bond acceptors (Lipinski definition) is 3. The molecule has 0 radical (unpaired) electrons. The van der Waals surface area contributed by atoms with Crippen LogP contribution in [-0.2, 0) is 16.4 Å². The molecular formula is C15H15ClF3N3O2S. The maximum atomic E-state index is 13.1. The molecule has 2 aromatic carbocycles. The monoisotopic (exact) mass is 393 g/mol. The van der Waals surface area contributed by atoms with Crippen molar-refractivity contribution in [1.29, 1.82) is 0 Å². The molecule has 0 aliphatic carbocycles. The van der Waals surface area contributed by atoms with Crippen molar-refractivity contribution >= 4 is 38.9 Å². The highest BCUT2D eigenvalue weighted by atomic mass is 35.5.